The van der Waals surface area contributed by atoms with Crippen molar-refractivity contribution in [2.45, 2.75) is 470 Å². The fourth-order valence-corrected chi connectivity index (χ4v) is 14.7. The lowest BCUT2D eigenvalue weighted by Crippen LogP contribution is -2.30. The summed E-state index contributed by atoms with van der Waals surface area (Å²) in [5.74, 6) is -1.30. The summed E-state index contributed by atoms with van der Waals surface area (Å²) in [6.07, 6.45) is 69.5. The van der Waals surface area contributed by atoms with Gasteiger partial charge in [0.2, 0.25) is 0 Å². The molecule has 17 nitrogen and oxygen atoms in total. The van der Waals surface area contributed by atoms with E-state index >= 15 is 0 Å². The Labute approximate surface area is 632 Å². The van der Waals surface area contributed by atoms with Crippen LogP contribution in [0.25, 0.3) is 0 Å². The van der Waals surface area contributed by atoms with Gasteiger partial charge in [-0.2, -0.15) is 0 Å². The molecule has 0 aliphatic carbocycles. The Hall–Kier alpha value is -1.94. The number of rotatable bonds is 84. The van der Waals surface area contributed by atoms with Crippen LogP contribution in [0.4, 0.5) is 0 Å². The van der Waals surface area contributed by atoms with Gasteiger partial charge in [-0.05, 0) is 31.6 Å². The first kappa shape index (κ1) is 101. The van der Waals surface area contributed by atoms with Crippen molar-refractivity contribution in [2.24, 2.45) is 5.92 Å². The van der Waals surface area contributed by atoms with Gasteiger partial charge >= 0.3 is 39.5 Å². The van der Waals surface area contributed by atoms with Crippen LogP contribution < -0.4 is 0 Å². The zero-order valence-electron chi connectivity index (χ0n) is 67.5. The second-order valence-electron chi connectivity index (χ2n) is 30.5. The van der Waals surface area contributed by atoms with E-state index in [1.165, 1.54) is 276 Å². The van der Waals surface area contributed by atoms with Crippen LogP contribution in [0.15, 0.2) is 0 Å². The average molecular weight is 1510 g/mol. The van der Waals surface area contributed by atoms with E-state index in [1.54, 1.807) is 0 Å². The highest BCUT2D eigenvalue weighted by Crippen LogP contribution is 2.45. The molecule has 0 aromatic carbocycles. The van der Waals surface area contributed by atoms with Crippen molar-refractivity contribution in [3.8, 4) is 0 Å². The van der Waals surface area contributed by atoms with E-state index < -0.39 is 97.5 Å². The Bertz CT molecular complexity index is 1960. The molecule has 0 aromatic heterocycles. The Balaban J connectivity index is 5.20. The number of carbonyl (C=O) groups is 4. The van der Waals surface area contributed by atoms with Crippen LogP contribution in [0.5, 0.6) is 0 Å². The number of unbranched alkanes of at least 4 members (excludes halogenated alkanes) is 55. The number of esters is 4. The Morgan fingerprint density at radius 1 is 0.272 bits per heavy atom. The van der Waals surface area contributed by atoms with Crippen LogP contribution in [0.1, 0.15) is 452 Å². The molecule has 103 heavy (non-hydrogen) atoms. The van der Waals surface area contributed by atoms with E-state index in [9.17, 15) is 43.2 Å². The van der Waals surface area contributed by atoms with Crippen molar-refractivity contribution in [3.63, 3.8) is 0 Å². The average Bonchev–Trinajstić information content (AvgIpc) is 0.992. The second kappa shape index (κ2) is 76.8. The molecular formula is C84H164O17P2. The summed E-state index contributed by atoms with van der Waals surface area (Å²) >= 11 is 0. The lowest BCUT2D eigenvalue weighted by molar-refractivity contribution is -0.161. The third-order valence-electron chi connectivity index (χ3n) is 20.1. The van der Waals surface area contributed by atoms with Gasteiger partial charge in [0.15, 0.2) is 12.2 Å². The zero-order valence-corrected chi connectivity index (χ0v) is 69.3. The SMILES string of the molecule is CCCCCCCCCCCCCCCCCCCCCCCC(=O)O[C@H](COC(=O)CCCCCCCCCCCCCCCCCCCCC)COP(=O)(O)OC[C@@H](O)COP(=O)(O)OC[C@@H](COC(=O)CCCCCCCCCCC)OC(=O)CCCCCCCCCCCCC(C)CC. The molecule has 0 saturated carbocycles. The first-order chi connectivity index (χ1) is 50.1. The quantitative estimate of drug-likeness (QED) is 0.0222. The van der Waals surface area contributed by atoms with Crippen molar-refractivity contribution in [2.75, 3.05) is 39.6 Å². The van der Waals surface area contributed by atoms with E-state index in [-0.39, 0.29) is 25.7 Å². The van der Waals surface area contributed by atoms with Crippen molar-refractivity contribution in [1.29, 1.82) is 0 Å². The number of aliphatic hydroxyl groups excluding tert-OH is 1. The molecule has 612 valence electrons. The zero-order chi connectivity index (χ0) is 75.5. The molecule has 0 fully saturated rings. The van der Waals surface area contributed by atoms with Crippen LogP contribution >= 0.6 is 15.6 Å². The molecule has 0 saturated heterocycles. The van der Waals surface area contributed by atoms with Crippen molar-refractivity contribution in [1.82, 2.24) is 0 Å². The number of ether oxygens (including phenoxy) is 4. The van der Waals surface area contributed by atoms with E-state index in [1.807, 2.05) is 0 Å². The molecule has 0 radical (unpaired) electrons. The normalized spacial score (nSPS) is 14.1. The maximum absolute atomic E-state index is 13.1. The van der Waals surface area contributed by atoms with Crippen LogP contribution in [-0.2, 0) is 65.4 Å². The summed E-state index contributed by atoms with van der Waals surface area (Å²) in [5.41, 5.74) is 0. The molecule has 0 aliphatic rings. The monoisotopic (exact) mass is 1510 g/mol. The van der Waals surface area contributed by atoms with Gasteiger partial charge in [-0.25, -0.2) is 9.13 Å². The van der Waals surface area contributed by atoms with Crippen LogP contribution in [0, 0.1) is 5.92 Å². The molecule has 19 heteroatoms. The fourth-order valence-electron chi connectivity index (χ4n) is 13.1. The molecule has 0 bridgehead atoms. The van der Waals surface area contributed by atoms with Crippen LogP contribution in [0.3, 0.4) is 0 Å². The summed E-state index contributed by atoms with van der Waals surface area (Å²) in [7, 11) is -9.92. The third-order valence-corrected chi connectivity index (χ3v) is 22.0. The third kappa shape index (κ3) is 76.6. The molecule has 0 amide bonds. The first-order valence-corrected chi connectivity index (χ1v) is 46.7. The molecule has 0 heterocycles. The standard InChI is InChI=1S/C84H164O17P2/c1-6-10-13-16-19-22-24-26-28-30-32-33-35-37-39-41-43-49-54-59-64-69-83(88)100-80(74-95-82(87)68-63-58-53-48-42-40-38-36-34-31-29-27-25-23-20-17-14-11-7-2)76-99-103(92,93)97-72-78(85)71-96-102(90,91)98-75-79(73-94-81(86)67-62-57-52-46-21-18-15-12-8-3)101-84(89)70-65-60-55-50-45-44-47-51-56-61-66-77(5)9-4/h77-80,85H,6-76H2,1-5H3,(H,90,91)(H,92,93)/t77?,78-,79+,80+/m0/s1. The predicted molar refractivity (Wildman–Crippen MR) is 423 cm³/mol. The Morgan fingerprint density at radius 2 is 0.466 bits per heavy atom. The van der Waals surface area contributed by atoms with Gasteiger partial charge in [-0.1, -0.05) is 401 Å². The highest BCUT2D eigenvalue weighted by atomic mass is 31.2. The van der Waals surface area contributed by atoms with Crippen molar-refractivity contribution in [3.05, 3.63) is 0 Å². The number of phosphoric ester groups is 2. The fraction of sp³-hybridized carbons (Fsp3) is 0.952. The number of hydrogen-bond donors (Lipinski definition) is 3. The van der Waals surface area contributed by atoms with Crippen LogP contribution in [-0.4, -0.2) is 96.7 Å². The number of carbonyl (C=O) groups excluding carboxylic acids is 4. The van der Waals surface area contributed by atoms with Gasteiger partial charge < -0.3 is 33.8 Å². The van der Waals surface area contributed by atoms with Crippen molar-refractivity contribution < 1.29 is 80.2 Å². The van der Waals surface area contributed by atoms with E-state index in [0.717, 1.165) is 95.8 Å². The summed E-state index contributed by atoms with van der Waals surface area (Å²) in [4.78, 5) is 73.1. The highest BCUT2D eigenvalue weighted by molar-refractivity contribution is 7.47. The van der Waals surface area contributed by atoms with E-state index in [4.69, 9.17) is 37.0 Å². The molecule has 0 aliphatic heterocycles. The first-order valence-electron chi connectivity index (χ1n) is 43.7. The Morgan fingerprint density at radius 3 is 0.689 bits per heavy atom. The molecule has 0 rings (SSSR count). The summed E-state index contributed by atoms with van der Waals surface area (Å²) in [6.45, 7) is 7.35. The number of phosphoric acid groups is 2. The lowest BCUT2D eigenvalue weighted by Gasteiger charge is -2.21. The molecule has 0 aromatic rings. The highest BCUT2D eigenvalue weighted by Gasteiger charge is 2.30. The second-order valence-corrected chi connectivity index (χ2v) is 33.4. The van der Waals surface area contributed by atoms with Gasteiger partial charge in [0.25, 0.3) is 0 Å². The van der Waals surface area contributed by atoms with Crippen LogP contribution in [0.2, 0.25) is 0 Å². The molecule has 3 unspecified atom stereocenters. The minimum absolute atomic E-state index is 0.107. The Kier molecular flexibility index (Phi) is 75.4. The lowest BCUT2D eigenvalue weighted by atomic mass is 9.99. The van der Waals surface area contributed by atoms with Gasteiger partial charge in [0.05, 0.1) is 26.4 Å². The maximum Gasteiger partial charge on any atom is 0.472 e. The molecule has 3 N–H and O–H groups in total. The molecule has 0 spiro atoms. The van der Waals surface area contributed by atoms with Gasteiger partial charge in [-0.15, -0.1) is 0 Å². The number of hydrogen-bond acceptors (Lipinski definition) is 15. The van der Waals surface area contributed by atoms with Crippen molar-refractivity contribution >= 4 is 39.5 Å². The topological polar surface area (TPSA) is 237 Å². The minimum Gasteiger partial charge on any atom is -0.462 e. The molecular weight excluding hydrogens is 1340 g/mol. The smallest absolute Gasteiger partial charge is 0.462 e. The molecule has 6 atom stereocenters. The summed E-state index contributed by atoms with van der Waals surface area (Å²) in [5, 5.41) is 10.7. The van der Waals surface area contributed by atoms with E-state index in [0.29, 0.717) is 25.7 Å². The van der Waals surface area contributed by atoms with Gasteiger partial charge in [0, 0.05) is 25.7 Å². The maximum atomic E-state index is 13.1. The van der Waals surface area contributed by atoms with Gasteiger partial charge in [-0.3, -0.25) is 37.3 Å². The van der Waals surface area contributed by atoms with Gasteiger partial charge in [0.1, 0.15) is 19.3 Å². The number of aliphatic hydroxyl groups is 1. The largest absolute Gasteiger partial charge is 0.472 e. The summed E-state index contributed by atoms with van der Waals surface area (Å²) in [6, 6.07) is 0. The summed E-state index contributed by atoms with van der Waals surface area (Å²) < 4.78 is 68.8. The predicted octanol–water partition coefficient (Wildman–Crippen LogP) is 25.6. The minimum atomic E-state index is -4.96. The van der Waals surface area contributed by atoms with E-state index in [2.05, 4.69) is 34.6 Å².